The molecule has 0 spiro atoms. The molecular formula is C14H16ClNO3. The zero-order valence-electron chi connectivity index (χ0n) is 10.7. The summed E-state index contributed by atoms with van der Waals surface area (Å²) in [6, 6.07) is 5.07. The molecule has 0 aliphatic heterocycles. The number of hydrogen-bond donors (Lipinski definition) is 1. The third kappa shape index (κ3) is 3.26. The number of methoxy groups -OCH3 is 1. The lowest BCUT2D eigenvalue weighted by molar-refractivity contribution is -0.127. The van der Waals surface area contributed by atoms with Crippen LogP contribution in [0.1, 0.15) is 35.2 Å². The fraction of sp³-hybridized carbons (Fsp3) is 0.429. The summed E-state index contributed by atoms with van der Waals surface area (Å²) in [4.78, 5) is 23.2. The molecule has 0 aromatic heterocycles. The average Bonchev–Trinajstić information content (AvgIpc) is 2.35. The zero-order chi connectivity index (χ0) is 13.8. The van der Waals surface area contributed by atoms with E-state index in [0.717, 1.165) is 24.8 Å². The maximum atomic E-state index is 11.7. The number of rotatable bonds is 4. The molecule has 1 fully saturated rings. The molecule has 19 heavy (non-hydrogen) atoms. The van der Waals surface area contributed by atoms with Crippen LogP contribution < -0.4 is 5.32 Å². The maximum Gasteiger partial charge on any atom is 0.339 e. The van der Waals surface area contributed by atoms with Crippen LogP contribution in [0, 0.1) is 5.92 Å². The van der Waals surface area contributed by atoms with Crippen LogP contribution in [0.5, 0.6) is 0 Å². The standard InChI is InChI=1S/C14H16ClNO3/c1-19-14(18)11-7-9(5-6-12(11)15)8-16-13(17)10-3-2-4-10/h5-7,10H,2-4,8H2,1H3,(H,16,17). The molecule has 1 N–H and O–H groups in total. The molecule has 0 saturated heterocycles. The highest BCUT2D eigenvalue weighted by molar-refractivity contribution is 6.33. The molecule has 1 aromatic rings. The van der Waals surface area contributed by atoms with Gasteiger partial charge in [0.25, 0.3) is 0 Å². The van der Waals surface area contributed by atoms with Crippen molar-refractivity contribution >= 4 is 23.5 Å². The second-order valence-corrected chi connectivity index (χ2v) is 5.06. The van der Waals surface area contributed by atoms with Gasteiger partial charge in [0.05, 0.1) is 17.7 Å². The number of hydrogen-bond acceptors (Lipinski definition) is 3. The highest BCUT2D eigenvalue weighted by Gasteiger charge is 2.24. The number of benzene rings is 1. The third-order valence-electron chi connectivity index (χ3n) is 3.38. The van der Waals surface area contributed by atoms with E-state index in [9.17, 15) is 9.59 Å². The van der Waals surface area contributed by atoms with Crippen molar-refractivity contribution in [3.05, 3.63) is 34.3 Å². The van der Waals surface area contributed by atoms with Gasteiger partial charge >= 0.3 is 5.97 Å². The Bertz CT molecular complexity index is 497. The van der Waals surface area contributed by atoms with E-state index in [2.05, 4.69) is 10.1 Å². The smallest absolute Gasteiger partial charge is 0.339 e. The number of carbonyl (C=O) groups is 2. The summed E-state index contributed by atoms with van der Waals surface area (Å²) in [5.74, 6) is -0.231. The van der Waals surface area contributed by atoms with Crippen molar-refractivity contribution in [2.24, 2.45) is 5.92 Å². The van der Waals surface area contributed by atoms with Gasteiger partial charge in [-0.1, -0.05) is 24.1 Å². The van der Waals surface area contributed by atoms with Crippen molar-refractivity contribution < 1.29 is 14.3 Å². The van der Waals surface area contributed by atoms with Crippen LogP contribution in [-0.4, -0.2) is 19.0 Å². The Labute approximate surface area is 117 Å². The Kier molecular flexibility index (Phi) is 4.43. The molecular weight excluding hydrogens is 266 g/mol. The fourth-order valence-corrected chi connectivity index (χ4v) is 2.15. The van der Waals surface area contributed by atoms with Gasteiger partial charge in [0, 0.05) is 12.5 Å². The van der Waals surface area contributed by atoms with Crippen LogP contribution >= 0.6 is 11.6 Å². The summed E-state index contributed by atoms with van der Waals surface area (Å²) in [7, 11) is 1.31. The summed E-state index contributed by atoms with van der Waals surface area (Å²) in [5, 5.41) is 3.22. The largest absolute Gasteiger partial charge is 0.465 e. The normalized spacial score (nSPS) is 14.6. The molecule has 0 atom stereocenters. The van der Waals surface area contributed by atoms with Gasteiger partial charge in [-0.05, 0) is 30.5 Å². The van der Waals surface area contributed by atoms with Crippen LogP contribution in [0.15, 0.2) is 18.2 Å². The predicted molar refractivity (Wildman–Crippen MR) is 72.0 cm³/mol. The first-order chi connectivity index (χ1) is 9.11. The van der Waals surface area contributed by atoms with Crippen molar-refractivity contribution in [2.75, 3.05) is 7.11 Å². The number of amides is 1. The third-order valence-corrected chi connectivity index (χ3v) is 3.71. The lowest BCUT2D eigenvalue weighted by atomic mass is 9.85. The van der Waals surface area contributed by atoms with Gasteiger partial charge in [0.2, 0.25) is 5.91 Å². The molecule has 0 bridgehead atoms. The van der Waals surface area contributed by atoms with Crippen LogP contribution in [0.25, 0.3) is 0 Å². The quantitative estimate of drug-likeness (QED) is 0.863. The molecule has 1 aliphatic rings. The van der Waals surface area contributed by atoms with E-state index in [0.29, 0.717) is 17.1 Å². The Balaban J connectivity index is 2.00. The zero-order valence-corrected chi connectivity index (χ0v) is 11.5. The average molecular weight is 282 g/mol. The van der Waals surface area contributed by atoms with E-state index in [1.807, 2.05) is 0 Å². The van der Waals surface area contributed by atoms with Crippen LogP contribution in [0.3, 0.4) is 0 Å². The van der Waals surface area contributed by atoms with Gasteiger partial charge < -0.3 is 10.1 Å². The molecule has 4 nitrogen and oxygen atoms in total. The second-order valence-electron chi connectivity index (χ2n) is 4.65. The van der Waals surface area contributed by atoms with Crippen LogP contribution in [0.2, 0.25) is 5.02 Å². The Morgan fingerprint density at radius 2 is 2.16 bits per heavy atom. The maximum absolute atomic E-state index is 11.7. The molecule has 1 amide bonds. The van der Waals surface area contributed by atoms with Crippen LogP contribution in [-0.2, 0) is 16.1 Å². The van der Waals surface area contributed by atoms with Crippen LogP contribution in [0.4, 0.5) is 0 Å². The molecule has 1 aromatic carbocycles. The summed E-state index contributed by atoms with van der Waals surface area (Å²) in [6.07, 6.45) is 3.07. The lowest BCUT2D eigenvalue weighted by Crippen LogP contribution is -2.33. The summed E-state index contributed by atoms with van der Waals surface area (Å²) in [6.45, 7) is 0.399. The van der Waals surface area contributed by atoms with E-state index < -0.39 is 5.97 Å². The van der Waals surface area contributed by atoms with Gasteiger partial charge in [-0.2, -0.15) is 0 Å². The number of nitrogens with one attached hydrogen (secondary N) is 1. The van der Waals surface area contributed by atoms with E-state index in [1.165, 1.54) is 7.11 Å². The monoisotopic (exact) mass is 281 g/mol. The molecule has 5 heteroatoms. The number of carbonyl (C=O) groups excluding carboxylic acids is 2. The van der Waals surface area contributed by atoms with Gasteiger partial charge in [-0.25, -0.2) is 4.79 Å². The minimum Gasteiger partial charge on any atom is -0.465 e. The molecule has 0 heterocycles. The fourth-order valence-electron chi connectivity index (χ4n) is 1.95. The number of esters is 1. The van der Waals surface area contributed by atoms with Crippen molar-refractivity contribution in [3.8, 4) is 0 Å². The van der Waals surface area contributed by atoms with Gasteiger partial charge in [0.15, 0.2) is 0 Å². The van der Waals surface area contributed by atoms with E-state index in [-0.39, 0.29) is 11.8 Å². The molecule has 1 aliphatic carbocycles. The number of halogens is 1. The molecule has 1 saturated carbocycles. The van der Waals surface area contributed by atoms with E-state index >= 15 is 0 Å². The predicted octanol–water partition coefficient (Wildman–Crippen LogP) is 2.54. The van der Waals surface area contributed by atoms with Crippen molar-refractivity contribution in [2.45, 2.75) is 25.8 Å². The molecule has 102 valence electrons. The molecule has 2 rings (SSSR count). The number of ether oxygens (including phenoxy) is 1. The topological polar surface area (TPSA) is 55.4 Å². The first-order valence-electron chi connectivity index (χ1n) is 6.26. The van der Waals surface area contributed by atoms with Gasteiger partial charge in [-0.3, -0.25) is 4.79 Å². The SMILES string of the molecule is COC(=O)c1cc(CNC(=O)C2CCC2)ccc1Cl. The Hall–Kier alpha value is -1.55. The summed E-state index contributed by atoms with van der Waals surface area (Å²) < 4.78 is 4.65. The van der Waals surface area contributed by atoms with Crippen molar-refractivity contribution in [1.29, 1.82) is 0 Å². The highest BCUT2D eigenvalue weighted by Crippen LogP contribution is 2.26. The first-order valence-corrected chi connectivity index (χ1v) is 6.64. The summed E-state index contributed by atoms with van der Waals surface area (Å²) in [5.41, 5.74) is 1.15. The minimum atomic E-state index is -0.475. The first kappa shape index (κ1) is 13.9. The lowest BCUT2D eigenvalue weighted by Gasteiger charge is -2.24. The van der Waals surface area contributed by atoms with Crippen molar-refractivity contribution in [3.63, 3.8) is 0 Å². The van der Waals surface area contributed by atoms with E-state index in [1.54, 1.807) is 18.2 Å². The van der Waals surface area contributed by atoms with E-state index in [4.69, 9.17) is 11.6 Å². The van der Waals surface area contributed by atoms with Gasteiger partial charge in [0.1, 0.15) is 0 Å². The molecule has 0 unspecified atom stereocenters. The Morgan fingerprint density at radius 3 is 2.74 bits per heavy atom. The van der Waals surface area contributed by atoms with Gasteiger partial charge in [-0.15, -0.1) is 0 Å². The Morgan fingerprint density at radius 1 is 1.42 bits per heavy atom. The van der Waals surface area contributed by atoms with Crippen molar-refractivity contribution in [1.82, 2.24) is 5.32 Å². The molecule has 0 radical (unpaired) electrons. The summed E-state index contributed by atoms with van der Waals surface area (Å²) >= 11 is 5.93. The highest BCUT2D eigenvalue weighted by atomic mass is 35.5. The minimum absolute atomic E-state index is 0.0841. The second kappa shape index (κ2) is 6.06.